The summed E-state index contributed by atoms with van der Waals surface area (Å²) in [5, 5.41) is 0. The van der Waals surface area contributed by atoms with Gasteiger partial charge in [-0.3, -0.25) is 9.69 Å². The zero-order valence-electron chi connectivity index (χ0n) is 17.5. The number of amides is 1. The zero-order chi connectivity index (χ0) is 20.1. The Bertz CT molecular complexity index is 780. The van der Waals surface area contributed by atoms with Crippen molar-refractivity contribution in [2.45, 2.75) is 45.2 Å². The van der Waals surface area contributed by atoms with Gasteiger partial charge in [0.25, 0.3) is 0 Å². The number of hydrogen-bond donors (Lipinski definition) is 0. The SMILES string of the molecule is CCc1ccc(CN(CCC(=O)N2CCN(c3ccccn3)CC2)C2CC2)cc1. The minimum atomic E-state index is 0.289. The van der Waals surface area contributed by atoms with Crippen molar-refractivity contribution < 1.29 is 4.79 Å². The standard InChI is InChI=1S/C24H32N4O/c1-2-20-6-8-21(9-7-20)19-28(22-10-11-22)14-12-24(29)27-17-15-26(16-18-27)23-5-3-4-13-25-23/h3-9,13,22H,2,10-12,14-19H2,1H3. The van der Waals surface area contributed by atoms with E-state index in [4.69, 9.17) is 0 Å². The first-order chi connectivity index (χ1) is 14.2. The lowest BCUT2D eigenvalue weighted by Crippen LogP contribution is -2.49. The van der Waals surface area contributed by atoms with Crippen LogP contribution in [0.1, 0.15) is 37.3 Å². The van der Waals surface area contributed by atoms with E-state index in [2.05, 4.69) is 46.0 Å². The lowest BCUT2D eigenvalue weighted by molar-refractivity contribution is -0.131. The molecule has 0 radical (unpaired) electrons. The number of hydrogen-bond acceptors (Lipinski definition) is 4. The molecule has 2 aromatic rings. The van der Waals surface area contributed by atoms with E-state index in [1.54, 1.807) is 0 Å². The normalized spacial score (nSPS) is 17.0. The van der Waals surface area contributed by atoms with Crippen LogP contribution in [0.3, 0.4) is 0 Å². The van der Waals surface area contributed by atoms with Crippen molar-refractivity contribution in [3.63, 3.8) is 0 Å². The molecule has 0 atom stereocenters. The predicted molar refractivity (Wildman–Crippen MR) is 117 cm³/mol. The first-order valence-electron chi connectivity index (χ1n) is 11.0. The van der Waals surface area contributed by atoms with Crippen molar-refractivity contribution in [3.8, 4) is 0 Å². The van der Waals surface area contributed by atoms with Crippen molar-refractivity contribution >= 4 is 11.7 Å². The molecule has 1 saturated carbocycles. The summed E-state index contributed by atoms with van der Waals surface area (Å²) >= 11 is 0. The third kappa shape index (κ3) is 5.36. The fourth-order valence-corrected chi connectivity index (χ4v) is 4.07. The average molecular weight is 393 g/mol. The Morgan fingerprint density at radius 1 is 1.03 bits per heavy atom. The van der Waals surface area contributed by atoms with E-state index in [9.17, 15) is 4.79 Å². The van der Waals surface area contributed by atoms with Gasteiger partial charge in [0.05, 0.1) is 0 Å². The summed E-state index contributed by atoms with van der Waals surface area (Å²) in [6.45, 7) is 7.30. The van der Waals surface area contributed by atoms with Gasteiger partial charge in [-0.1, -0.05) is 37.3 Å². The van der Waals surface area contributed by atoms with Crippen LogP contribution in [0.2, 0.25) is 0 Å². The van der Waals surface area contributed by atoms with Crippen LogP contribution < -0.4 is 4.90 Å². The number of anilines is 1. The molecule has 0 spiro atoms. The van der Waals surface area contributed by atoms with Gasteiger partial charge in [-0.25, -0.2) is 4.98 Å². The van der Waals surface area contributed by atoms with E-state index < -0.39 is 0 Å². The fraction of sp³-hybridized carbons (Fsp3) is 0.500. The molecule has 0 bridgehead atoms. The van der Waals surface area contributed by atoms with Crippen molar-refractivity contribution in [2.24, 2.45) is 0 Å². The number of carbonyl (C=O) groups excluding carboxylic acids is 1. The summed E-state index contributed by atoms with van der Waals surface area (Å²) in [5.74, 6) is 1.30. The summed E-state index contributed by atoms with van der Waals surface area (Å²) in [6.07, 6.45) is 6.06. The van der Waals surface area contributed by atoms with E-state index >= 15 is 0 Å². The van der Waals surface area contributed by atoms with Crippen molar-refractivity contribution in [3.05, 3.63) is 59.8 Å². The molecule has 0 N–H and O–H groups in total. The Morgan fingerprint density at radius 3 is 2.38 bits per heavy atom. The van der Waals surface area contributed by atoms with Gasteiger partial charge >= 0.3 is 0 Å². The number of benzene rings is 1. The number of rotatable bonds is 8. The maximum atomic E-state index is 12.8. The minimum absolute atomic E-state index is 0.289. The number of nitrogens with zero attached hydrogens (tertiary/aromatic N) is 4. The van der Waals surface area contributed by atoms with Gasteiger partial charge in [0, 0.05) is 57.9 Å². The molecule has 1 amide bonds. The molecule has 1 aromatic carbocycles. The third-order valence-electron chi connectivity index (χ3n) is 6.10. The van der Waals surface area contributed by atoms with Gasteiger partial charge < -0.3 is 9.80 Å². The van der Waals surface area contributed by atoms with Crippen LogP contribution in [0.25, 0.3) is 0 Å². The lowest BCUT2D eigenvalue weighted by Gasteiger charge is -2.35. The van der Waals surface area contributed by atoms with Crippen LogP contribution in [0.5, 0.6) is 0 Å². The highest BCUT2D eigenvalue weighted by molar-refractivity contribution is 5.76. The van der Waals surface area contributed by atoms with Crippen LogP contribution in [0.15, 0.2) is 48.7 Å². The highest BCUT2D eigenvalue weighted by atomic mass is 16.2. The molecule has 2 fully saturated rings. The van der Waals surface area contributed by atoms with Crippen LogP contribution in [-0.4, -0.2) is 59.5 Å². The number of aromatic nitrogens is 1. The first-order valence-corrected chi connectivity index (χ1v) is 11.0. The van der Waals surface area contributed by atoms with Crippen molar-refractivity contribution in [1.29, 1.82) is 0 Å². The van der Waals surface area contributed by atoms with Gasteiger partial charge in [-0.05, 0) is 42.5 Å². The Morgan fingerprint density at radius 2 is 1.76 bits per heavy atom. The molecular weight excluding hydrogens is 360 g/mol. The third-order valence-corrected chi connectivity index (χ3v) is 6.10. The number of carbonyl (C=O) groups is 1. The van der Waals surface area contributed by atoms with Gasteiger partial charge in [-0.2, -0.15) is 0 Å². The fourth-order valence-electron chi connectivity index (χ4n) is 4.07. The summed E-state index contributed by atoms with van der Waals surface area (Å²) in [7, 11) is 0. The molecule has 0 unspecified atom stereocenters. The molecule has 2 aliphatic rings. The molecule has 1 aliphatic carbocycles. The largest absolute Gasteiger partial charge is 0.353 e. The highest BCUT2D eigenvalue weighted by Gasteiger charge is 2.30. The topological polar surface area (TPSA) is 39.7 Å². The second kappa shape index (κ2) is 9.40. The first kappa shape index (κ1) is 19.9. The molecule has 5 nitrogen and oxygen atoms in total. The van der Waals surface area contributed by atoms with Crippen LogP contribution >= 0.6 is 0 Å². The van der Waals surface area contributed by atoms with E-state index in [0.29, 0.717) is 12.5 Å². The van der Waals surface area contributed by atoms with E-state index in [1.165, 1.54) is 24.0 Å². The Labute approximate surface area is 174 Å². The average Bonchev–Trinajstić information content (AvgIpc) is 3.63. The van der Waals surface area contributed by atoms with Gasteiger partial charge in [0.15, 0.2) is 0 Å². The number of piperazine rings is 1. The molecular formula is C24H32N4O. The second-order valence-corrected chi connectivity index (χ2v) is 8.18. The molecule has 5 heteroatoms. The van der Waals surface area contributed by atoms with Gasteiger partial charge in [0.2, 0.25) is 5.91 Å². The van der Waals surface area contributed by atoms with E-state index in [1.807, 2.05) is 29.3 Å². The number of aryl methyl sites for hydroxylation is 1. The maximum Gasteiger partial charge on any atom is 0.223 e. The summed E-state index contributed by atoms with van der Waals surface area (Å²) < 4.78 is 0. The summed E-state index contributed by atoms with van der Waals surface area (Å²) in [4.78, 5) is 24.0. The van der Waals surface area contributed by atoms with Crippen LogP contribution in [0, 0.1) is 0 Å². The molecule has 29 heavy (non-hydrogen) atoms. The number of pyridine rings is 1. The van der Waals surface area contributed by atoms with Crippen molar-refractivity contribution in [1.82, 2.24) is 14.8 Å². The Balaban J connectivity index is 1.25. The quantitative estimate of drug-likeness (QED) is 0.691. The molecule has 2 heterocycles. The van der Waals surface area contributed by atoms with Crippen LogP contribution in [-0.2, 0) is 17.8 Å². The molecule has 1 aliphatic heterocycles. The lowest BCUT2D eigenvalue weighted by atomic mass is 10.1. The summed E-state index contributed by atoms with van der Waals surface area (Å²) in [5.41, 5.74) is 2.73. The molecule has 1 aromatic heterocycles. The summed E-state index contributed by atoms with van der Waals surface area (Å²) in [6, 6.07) is 15.6. The van der Waals surface area contributed by atoms with Gasteiger partial charge in [0.1, 0.15) is 5.82 Å². The predicted octanol–water partition coefficient (Wildman–Crippen LogP) is 3.35. The van der Waals surface area contributed by atoms with E-state index in [-0.39, 0.29) is 5.91 Å². The maximum absolute atomic E-state index is 12.8. The van der Waals surface area contributed by atoms with Crippen LogP contribution in [0.4, 0.5) is 5.82 Å². The zero-order valence-corrected chi connectivity index (χ0v) is 17.5. The Hall–Kier alpha value is -2.40. The molecule has 4 rings (SSSR count). The van der Waals surface area contributed by atoms with Gasteiger partial charge in [-0.15, -0.1) is 0 Å². The van der Waals surface area contributed by atoms with Crippen molar-refractivity contribution in [2.75, 3.05) is 37.6 Å². The second-order valence-electron chi connectivity index (χ2n) is 8.18. The highest BCUT2D eigenvalue weighted by Crippen LogP contribution is 2.28. The smallest absolute Gasteiger partial charge is 0.223 e. The Kier molecular flexibility index (Phi) is 6.45. The monoisotopic (exact) mass is 392 g/mol. The minimum Gasteiger partial charge on any atom is -0.353 e. The molecule has 1 saturated heterocycles. The molecule has 154 valence electrons. The van der Waals surface area contributed by atoms with E-state index in [0.717, 1.165) is 51.5 Å².